The summed E-state index contributed by atoms with van der Waals surface area (Å²) in [4.78, 5) is 22.4. The van der Waals surface area contributed by atoms with E-state index in [0.29, 0.717) is 0 Å². The van der Waals surface area contributed by atoms with Gasteiger partial charge >= 0.3 is 11.9 Å². The molecule has 2 rings (SSSR count). The summed E-state index contributed by atoms with van der Waals surface area (Å²) in [6, 6.07) is 5.87. The number of rotatable bonds is 4. The molecule has 2 aromatic rings. The van der Waals surface area contributed by atoms with Crippen LogP contribution in [0, 0.1) is 3.57 Å². The summed E-state index contributed by atoms with van der Waals surface area (Å²) in [7, 11) is 2.40. The van der Waals surface area contributed by atoms with Crippen molar-refractivity contribution in [3.05, 3.63) is 56.2 Å². The Morgan fingerprint density at radius 1 is 0.839 bits per heavy atom. The van der Waals surface area contributed by atoms with Crippen LogP contribution in [-0.4, -0.2) is 26.2 Å². The molecule has 0 bridgehead atoms. The van der Waals surface area contributed by atoms with E-state index >= 15 is 0 Å². The Labute approximate surface area is 190 Å². The number of carbonyl (C=O) groups excluding carboxylic acids is 2. The zero-order valence-electron chi connectivity index (χ0n) is 17.1. The quantitative estimate of drug-likeness (QED) is 0.240. The fourth-order valence-electron chi connectivity index (χ4n) is 2.34. The lowest BCUT2D eigenvalue weighted by Gasteiger charge is -2.15. The second-order valence-electron chi connectivity index (χ2n) is 6.48. The molecule has 0 heterocycles. The van der Waals surface area contributed by atoms with E-state index < -0.39 is 23.8 Å². The van der Waals surface area contributed by atoms with Gasteiger partial charge in [-0.3, -0.25) is 0 Å². The number of alkyl halides is 4. The van der Waals surface area contributed by atoms with Gasteiger partial charge < -0.3 is 20.9 Å². The molecule has 170 valence electrons. The van der Waals surface area contributed by atoms with Crippen molar-refractivity contribution in [3.8, 4) is 0 Å². The minimum Gasteiger partial charge on any atom is -0.465 e. The van der Waals surface area contributed by atoms with Gasteiger partial charge in [0.15, 0.2) is 0 Å². The lowest BCUT2D eigenvalue weighted by molar-refractivity contribution is 0.0162. The van der Waals surface area contributed by atoms with Gasteiger partial charge in [0.2, 0.25) is 0 Å². The number of nitrogens with two attached hydrogens (primary N) is 2. The van der Waals surface area contributed by atoms with Crippen molar-refractivity contribution < 1.29 is 36.6 Å². The van der Waals surface area contributed by atoms with Crippen molar-refractivity contribution in [3.63, 3.8) is 0 Å². The number of hydrogen-bond acceptors (Lipinski definition) is 6. The number of nitrogen functional groups attached to an aromatic ring is 2. The molecule has 31 heavy (non-hydrogen) atoms. The van der Waals surface area contributed by atoms with E-state index in [9.17, 15) is 27.2 Å². The molecule has 11 heteroatoms. The first-order valence-electron chi connectivity index (χ1n) is 8.55. The molecule has 0 aliphatic rings. The molecule has 0 aliphatic heterocycles. The van der Waals surface area contributed by atoms with Crippen LogP contribution in [0.15, 0.2) is 30.3 Å². The Bertz CT molecular complexity index is 973. The van der Waals surface area contributed by atoms with Crippen LogP contribution in [0.3, 0.4) is 0 Å². The Hall–Kier alpha value is -2.57. The van der Waals surface area contributed by atoms with Gasteiger partial charge in [0.05, 0.1) is 25.3 Å². The second-order valence-corrected chi connectivity index (χ2v) is 7.64. The highest BCUT2D eigenvalue weighted by Gasteiger charge is 2.29. The van der Waals surface area contributed by atoms with E-state index in [1.807, 2.05) is 0 Å². The first kappa shape index (κ1) is 26.5. The molecule has 0 amide bonds. The Balaban J connectivity index is 0.000000311. The van der Waals surface area contributed by atoms with E-state index in [1.165, 1.54) is 26.4 Å². The minimum atomic E-state index is -2.99. The third kappa shape index (κ3) is 6.97. The maximum Gasteiger partial charge on any atom is 0.339 e. The number of ether oxygens (including phenoxy) is 2. The highest BCUT2D eigenvalue weighted by Crippen LogP contribution is 2.34. The SMILES string of the molecule is COC(=O)c1cc(I)c(C(C)(F)F)cc1N.COC(=O)c1ccc(C(C)(F)F)cc1N. The number of benzene rings is 2. The standard InChI is InChI=1S/C10H10F2INO2.C10H11F2NO2/c1-10(11,12)6-4-8(14)5(3-7(6)13)9(15)16-2;1-10(11,12)6-3-4-7(8(13)5-6)9(14)15-2/h3-4H,14H2,1-2H3;3-5H,13H2,1-2H3. The normalized spacial score (nSPS) is 11.3. The van der Waals surface area contributed by atoms with E-state index in [-0.39, 0.29) is 37.2 Å². The smallest absolute Gasteiger partial charge is 0.339 e. The lowest BCUT2D eigenvalue weighted by atomic mass is 10.1. The molecule has 6 nitrogen and oxygen atoms in total. The van der Waals surface area contributed by atoms with Gasteiger partial charge in [-0.25, -0.2) is 27.2 Å². The van der Waals surface area contributed by atoms with E-state index in [2.05, 4.69) is 9.47 Å². The maximum absolute atomic E-state index is 13.1. The Morgan fingerprint density at radius 3 is 1.74 bits per heavy atom. The van der Waals surface area contributed by atoms with E-state index in [1.54, 1.807) is 22.6 Å². The third-order valence-corrected chi connectivity index (χ3v) is 4.87. The fourth-order valence-corrected chi connectivity index (χ4v) is 3.29. The van der Waals surface area contributed by atoms with Gasteiger partial charge in [-0.1, -0.05) is 6.07 Å². The van der Waals surface area contributed by atoms with Crippen molar-refractivity contribution in [2.45, 2.75) is 25.7 Å². The fraction of sp³-hybridized carbons (Fsp3) is 0.300. The molecular weight excluding hydrogens is 535 g/mol. The highest BCUT2D eigenvalue weighted by atomic mass is 127. The average molecular weight is 556 g/mol. The predicted molar refractivity (Wildman–Crippen MR) is 116 cm³/mol. The summed E-state index contributed by atoms with van der Waals surface area (Å²) >= 11 is 1.73. The molecule has 0 saturated carbocycles. The molecule has 0 spiro atoms. The topological polar surface area (TPSA) is 105 Å². The first-order valence-corrected chi connectivity index (χ1v) is 9.63. The second kappa shape index (κ2) is 10.2. The zero-order chi connectivity index (χ0) is 24.1. The monoisotopic (exact) mass is 556 g/mol. The van der Waals surface area contributed by atoms with Gasteiger partial charge in [0.1, 0.15) is 0 Å². The number of methoxy groups -OCH3 is 2. The van der Waals surface area contributed by atoms with Gasteiger partial charge in [-0.2, -0.15) is 0 Å². The van der Waals surface area contributed by atoms with Gasteiger partial charge in [-0.05, 0) is 46.9 Å². The van der Waals surface area contributed by atoms with Crippen molar-refractivity contribution in [1.82, 2.24) is 0 Å². The first-order chi connectivity index (χ1) is 14.1. The van der Waals surface area contributed by atoms with Crippen molar-refractivity contribution in [2.24, 2.45) is 0 Å². The van der Waals surface area contributed by atoms with E-state index in [4.69, 9.17) is 11.5 Å². The number of hydrogen-bond donors (Lipinski definition) is 2. The third-order valence-electron chi connectivity index (χ3n) is 3.98. The summed E-state index contributed by atoms with van der Waals surface area (Å²) < 4.78 is 61.2. The van der Waals surface area contributed by atoms with Crippen LogP contribution in [0.4, 0.5) is 28.9 Å². The predicted octanol–water partition coefficient (Wildman–Crippen LogP) is 4.94. The van der Waals surface area contributed by atoms with Crippen molar-refractivity contribution >= 4 is 45.9 Å². The summed E-state index contributed by atoms with van der Waals surface area (Å²) in [6.45, 7) is 1.54. The van der Waals surface area contributed by atoms with Crippen LogP contribution in [-0.2, 0) is 21.3 Å². The van der Waals surface area contributed by atoms with Gasteiger partial charge in [0.25, 0.3) is 11.8 Å². The molecule has 0 radical (unpaired) electrons. The molecule has 0 saturated heterocycles. The van der Waals surface area contributed by atoms with Gasteiger partial charge in [0, 0.05) is 39.9 Å². The minimum absolute atomic E-state index is 0.0104. The maximum atomic E-state index is 13.1. The van der Waals surface area contributed by atoms with Crippen LogP contribution in [0.5, 0.6) is 0 Å². The van der Waals surface area contributed by atoms with Crippen LogP contribution >= 0.6 is 22.6 Å². The molecular formula is C20H21F4IN2O4. The molecule has 0 aliphatic carbocycles. The zero-order valence-corrected chi connectivity index (χ0v) is 19.2. The Kier molecular flexibility index (Phi) is 8.67. The molecule has 0 aromatic heterocycles. The highest BCUT2D eigenvalue weighted by molar-refractivity contribution is 14.1. The van der Waals surface area contributed by atoms with Crippen molar-refractivity contribution in [2.75, 3.05) is 25.7 Å². The molecule has 0 atom stereocenters. The summed E-state index contributed by atoms with van der Waals surface area (Å²) in [5.74, 6) is -7.23. The van der Waals surface area contributed by atoms with Crippen molar-refractivity contribution in [1.29, 1.82) is 0 Å². The van der Waals surface area contributed by atoms with Crippen LogP contribution in [0.2, 0.25) is 0 Å². The number of esters is 2. The summed E-state index contributed by atoms with van der Waals surface area (Å²) in [6.07, 6.45) is 0. The number of anilines is 2. The average Bonchev–Trinajstić information content (AvgIpc) is 2.67. The number of carbonyl (C=O) groups is 2. The summed E-state index contributed by atoms with van der Waals surface area (Å²) in [5.41, 5.74) is 10.7. The van der Waals surface area contributed by atoms with Crippen LogP contribution in [0.25, 0.3) is 0 Å². The summed E-state index contributed by atoms with van der Waals surface area (Å²) in [5, 5.41) is 0. The Morgan fingerprint density at radius 2 is 1.32 bits per heavy atom. The molecule has 2 aromatic carbocycles. The van der Waals surface area contributed by atoms with Crippen LogP contribution < -0.4 is 11.5 Å². The van der Waals surface area contributed by atoms with Crippen LogP contribution in [0.1, 0.15) is 45.7 Å². The number of halogens is 5. The lowest BCUT2D eigenvalue weighted by Crippen LogP contribution is -2.13. The largest absolute Gasteiger partial charge is 0.465 e. The molecule has 4 N–H and O–H groups in total. The molecule has 0 fully saturated rings. The van der Waals surface area contributed by atoms with Gasteiger partial charge in [-0.15, -0.1) is 0 Å². The van der Waals surface area contributed by atoms with E-state index in [0.717, 1.165) is 32.0 Å². The molecule has 0 unspecified atom stereocenters.